The van der Waals surface area contributed by atoms with Crippen LogP contribution in [0.1, 0.15) is 22.8 Å². The fourth-order valence-corrected chi connectivity index (χ4v) is 4.33. The van der Waals surface area contributed by atoms with E-state index in [4.69, 9.17) is 0 Å². The number of Topliss-reactive ketones (excluding diaryl/α,β-unsaturated/α-hetero) is 1. The van der Waals surface area contributed by atoms with Crippen molar-refractivity contribution in [2.24, 2.45) is 0 Å². The average molecular weight is 440 g/mol. The minimum absolute atomic E-state index is 0.0998. The van der Waals surface area contributed by atoms with Crippen molar-refractivity contribution >= 4 is 38.2 Å². The van der Waals surface area contributed by atoms with Crippen molar-refractivity contribution < 1.29 is 14.8 Å². The third kappa shape index (κ3) is 3.91. The molecule has 0 saturated carbocycles. The lowest BCUT2D eigenvalue weighted by atomic mass is 10.0. The fourth-order valence-electron chi connectivity index (χ4n) is 3.95. The van der Waals surface area contributed by atoms with Crippen molar-refractivity contribution in [3.8, 4) is 5.75 Å². The van der Waals surface area contributed by atoms with Crippen molar-refractivity contribution in [3.63, 3.8) is 0 Å². The van der Waals surface area contributed by atoms with E-state index in [1.807, 2.05) is 36.4 Å². The van der Waals surface area contributed by atoms with Gasteiger partial charge >= 0.3 is 0 Å². The van der Waals surface area contributed by atoms with Crippen LogP contribution < -0.4 is 9.80 Å². The van der Waals surface area contributed by atoms with E-state index in [2.05, 4.69) is 33.0 Å². The number of ketones is 1. The molecule has 0 amide bonds. The number of benzene rings is 3. The lowest BCUT2D eigenvalue weighted by molar-refractivity contribution is -0.914. The topological polar surface area (TPSA) is 45.0 Å². The van der Waals surface area contributed by atoms with E-state index in [1.165, 1.54) is 10.6 Å². The number of rotatable bonds is 4. The smallest absolute Gasteiger partial charge is 0.159 e. The number of carbonyl (C=O) groups excluding carboxylic acids is 1. The summed E-state index contributed by atoms with van der Waals surface area (Å²) in [5.74, 6) is 0.479. The number of nitrogens with one attached hydrogen (secondary N) is 1. The molecule has 0 atom stereocenters. The molecule has 1 heterocycles. The molecule has 3 aromatic carbocycles. The Morgan fingerprint density at radius 2 is 1.79 bits per heavy atom. The lowest BCUT2D eigenvalue weighted by Crippen LogP contribution is -3.13. The van der Waals surface area contributed by atoms with E-state index in [0.29, 0.717) is 5.75 Å². The Balaban J connectivity index is 1.45. The number of phenols is 1. The standard InChI is InChI=1S/C23H23BrN2O2/c1-16(27)17-2-6-20(7-3-17)26-12-10-25(11-13-26)15-22-21-8-5-19(24)14-18(21)4-9-23(22)28/h2-9,14,28H,10-13,15H2,1H3/p+1. The van der Waals surface area contributed by atoms with Crippen LogP contribution >= 0.6 is 15.9 Å². The molecule has 0 spiro atoms. The normalized spacial score (nSPS) is 15.1. The first-order valence-corrected chi connectivity index (χ1v) is 10.4. The van der Waals surface area contributed by atoms with Crippen LogP contribution in [0.2, 0.25) is 0 Å². The predicted molar refractivity (Wildman–Crippen MR) is 116 cm³/mol. The maximum atomic E-state index is 11.4. The molecule has 1 fully saturated rings. The van der Waals surface area contributed by atoms with Crippen LogP contribution in [0.5, 0.6) is 5.75 Å². The Kier molecular flexibility index (Phi) is 5.38. The number of anilines is 1. The molecule has 1 saturated heterocycles. The van der Waals surface area contributed by atoms with Crippen LogP contribution in [0.25, 0.3) is 10.8 Å². The number of hydrogen-bond donors (Lipinski definition) is 2. The van der Waals surface area contributed by atoms with Crippen LogP contribution in [0.3, 0.4) is 0 Å². The van der Waals surface area contributed by atoms with E-state index in [-0.39, 0.29) is 5.78 Å². The molecular weight excluding hydrogens is 416 g/mol. The van der Waals surface area contributed by atoms with Crippen LogP contribution in [0.4, 0.5) is 5.69 Å². The fraction of sp³-hybridized carbons (Fsp3) is 0.261. The third-order valence-electron chi connectivity index (χ3n) is 5.60. The van der Waals surface area contributed by atoms with Gasteiger partial charge in [-0.15, -0.1) is 0 Å². The predicted octanol–water partition coefficient (Wildman–Crippen LogP) is 3.42. The zero-order chi connectivity index (χ0) is 19.7. The van der Waals surface area contributed by atoms with Gasteiger partial charge in [0.15, 0.2) is 5.78 Å². The second kappa shape index (κ2) is 7.94. The Bertz CT molecular complexity index is 1010. The first-order chi connectivity index (χ1) is 13.5. The van der Waals surface area contributed by atoms with Crippen molar-refractivity contribution in [2.75, 3.05) is 31.1 Å². The molecule has 0 aliphatic carbocycles. The van der Waals surface area contributed by atoms with Gasteiger partial charge in [-0.1, -0.05) is 28.1 Å². The molecule has 4 nitrogen and oxygen atoms in total. The SMILES string of the molecule is CC(=O)c1ccc(N2CC[NH+](Cc3c(O)ccc4cc(Br)ccc34)CC2)cc1. The highest BCUT2D eigenvalue weighted by atomic mass is 79.9. The molecule has 0 unspecified atom stereocenters. The number of carbonyl (C=O) groups is 1. The van der Waals surface area contributed by atoms with Crippen molar-refractivity contribution in [2.45, 2.75) is 13.5 Å². The number of piperazine rings is 1. The van der Waals surface area contributed by atoms with E-state index in [0.717, 1.165) is 59.1 Å². The zero-order valence-electron chi connectivity index (χ0n) is 15.9. The summed E-state index contributed by atoms with van der Waals surface area (Å²) >= 11 is 3.52. The summed E-state index contributed by atoms with van der Waals surface area (Å²) in [5, 5.41) is 12.7. The Morgan fingerprint density at radius 1 is 1.07 bits per heavy atom. The van der Waals surface area contributed by atoms with Gasteiger partial charge in [0.2, 0.25) is 0 Å². The van der Waals surface area contributed by atoms with Gasteiger partial charge in [-0.2, -0.15) is 0 Å². The number of halogens is 1. The van der Waals surface area contributed by atoms with Gasteiger partial charge in [0.1, 0.15) is 12.3 Å². The average Bonchev–Trinajstić information content (AvgIpc) is 2.71. The van der Waals surface area contributed by atoms with Gasteiger partial charge in [-0.3, -0.25) is 4.79 Å². The maximum absolute atomic E-state index is 11.4. The second-order valence-electron chi connectivity index (χ2n) is 7.45. The van der Waals surface area contributed by atoms with Crippen LogP contribution in [-0.4, -0.2) is 37.1 Å². The highest BCUT2D eigenvalue weighted by Gasteiger charge is 2.22. The van der Waals surface area contributed by atoms with Gasteiger partial charge < -0.3 is 14.9 Å². The highest BCUT2D eigenvalue weighted by Crippen LogP contribution is 2.28. The van der Waals surface area contributed by atoms with Crippen molar-refractivity contribution in [3.05, 3.63) is 70.2 Å². The summed E-state index contributed by atoms with van der Waals surface area (Å²) in [6, 6.07) is 17.9. The van der Waals surface area contributed by atoms with Crippen LogP contribution in [0, 0.1) is 0 Å². The quantitative estimate of drug-likeness (QED) is 0.612. The minimum atomic E-state index is 0.0998. The number of phenolic OH excluding ortho intramolecular Hbond substituents is 1. The monoisotopic (exact) mass is 439 g/mol. The van der Waals surface area contributed by atoms with Gasteiger partial charge in [0.25, 0.3) is 0 Å². The van der Waals surface area contributed by atoms with Crippen molar-refractivity contribution in [1.29, 1.82) is 0 Å². The van der Waals surface area contributed by atoms with Gasteiger partial charge in [-0.25, -0.2) is 0 Å². The molecule has 28 heavy (non-hydrogen) atoms. The first-order valence-electron chi connectivity index (χ1n) is 9.61. The number of quaternary nitrogens is 1. The Labute approximate surface area is 173 Å². The molecule has 0 aromatic heterocycles. The first kappa shape index (κ1) is 19.0. The maximum Gasteiger partial charge on any atom is 0.159 e. The van der Waals surface area contributed by atoms with Gasteiger partial charge in [0, 0.05) is 15.7 Å². The summed E-state index contributed by atoms with van der Waals surface area (Å²) in [7, 11) is 0. The summed E-state index contributed by atoms with van der Waals surface area (Å²) < 4.78 is 1.05. The van der Waals surface area contributed by atoms with E-state index in [1.54, 1.807) is 13.0 Å². The zero-order valence-corrected chi connectivity index (χ0v) is 17.5. The Hall–Kier alpha value is -2.37. The largest absolute Gasteiger partial charge is 0.507 e. The minimum Gasteiger partial charge on any atom is -0.507 e. The summed E-state index contributed by atoms with van der Waals surface area (Å²) in [6.45, 7) is 6.37. The van der Waals surface area contributed by atoms with E-state index >= 15 is 0 Å². The molecule has 0 radical (unpaired) electrons. The van der Waals surface area contributed by atoms with Gasteiger partial charge in [-0.05, 0) is 60.2 Å². The summed E-state index contributed by atoms with van der Waals surface area (Å²) in [5.41, 5.74) is 2.95. The second-order valence-corrected chi connectivity index (χ2v) is 8.36. The molecule has 4 rings (SSSR count). The van der Waals surface area contributed by atoms with E-state index in [9.17, 15) is 9.90 Å². The van der Waals surface area contributed by atoms with Gasteiger partial charge in [0.05, 0.1) is 31.7 Å². The highest BCUT2D eigenvalue weighted by molar-refractivity contribution is 9.10. The van der Waals surface area contributed by atoms with E-state index < -0.39 is 0 Å². The van der Waals surface area contributed by atoms with Crippen molar-refractivity contribution in [1.82, 2.24) is 0 Å². The number of hydrogen-bond acceptors (Lipinski definition) is 3. The number of nitrogens with zero attached hydrogens (tertiary/aromatic N) is 1. The third-order valence-corrected chi connectivity index (χ3v) is 6.10. The molecule has 0 bridgehead atoms. The number of aromatic hydroxyl groups is 1. The summed E-state index contributed by atoms with van der Waals surface area (Å²) in [4.78, 5) is 15.3. The molecule has 2 N–H and O–H groups in total. The Morgan fingerprint density at radius 3 is 2.46 bits per heavy atom. The molecule has 1 aliphatic rings. The molecule has 3 aromatic rings. The number of fused-ring (bicyclic) bond motifs is 1. The molecule has 1 aliphatic heterocycles. The lowest BCUT2D eigenvalue weighted by Gasteiger charge is -2.34. The molecule has 144 valence electrons. The van der Waals surface area contributed by atoms with Crippen LogP contribution in [0.15, 0.2) is 59.1 Å². The molecular formula is C23H24BrN2O2+. The molecule has 5 heteroatoms. The summed E-state index contributed by atoms with van der Waals surface area (Å²) in [6.07, 6.45) is 0. The van der Waals surface area contributed by atoms with Crippen LogP contribution in [-0.2, 0) is 6.54 Å².